The van der Waals surface area contributed by atoms with E-state index in [1.807, 2.05) is 30.3 Å². The zero-order chi connectivity index (χ0) is 21.3. The highest BCUT2D eigenvalue weighted by atomic mass is 32.1. The van der Waals surface area contributed by atoms with Gasteiger partial charge in [0.1, 0.15) is 0 Å². The Hall–Kier alpha value is -3.32. The van der Waals surface area contributed by atoms with Crippen LogP contribution >= 0.6 is 11.3 Å². The van der Waals surface area contributed by atoms with E-state index in [-0.39, 0.29) is 17.8 Å². The van der Waals surface area contributed by atoms with Gasteiger partial charge in [-0.2, -0.15) is 0 Å². The Balaban J connectivity index is 1.61. The van der Waals surface area contributed by atoms with Crippen molar-refractivity contribution in [2.45, 2.75) is 13.0 Å². The molecule has 2 heterocycles. The van der Waals surface area contributed by atoms with Gasteiger partial charge in [-0.25, -0.2) is 8.78 Å². The van der Waals surface area contributed by atoms with Crippen LogP contribution in [0, 0.1) is 11.6 Å². The van der Waals surface area contributed by atoms with Crippen molar-refractivity contribution in [2.24, 2.45) is 7.05 Å². The number of aromatic nitrogens is 1. The molecule has 0 saturated heterocycles. The second-order valence-electron chi connectivity index (χ2n) is 7.01. The molecular formula is C23H18F2N2O2S. The predicted octanol–water partition coefficient (Wildman–Crippen LogP) is 4.40. The first kappa shape index (κ1) is 20.0. The third-order valence-corrected chi connectivity index (χ3v) is 5.96. The van der Waals surface area contributed by atoms with E-state index in [0.717, 1.165) is 29.0 Å². The Kier molecular flexibility index (Phi) is 5.46. The van der Waals surface area contributed by atoms with Crippen LogP contribution < -0.4 is 10.7 Å². The quantitative estimate of drug-likeness (QED) is 0.516. The Morgan fingerprint density at radius 1 is 1.03 bits per heavy atom. The summed E-state index contributed by atoms with van der Waals surface area (Å²) in [4.78, 5) is 26.0. The Bertz CT molecular complexity index is 1300. The number of carbonyl (C=O) groups excluding carboxylic acids is 1. The second kappa shape index (κ2) is 8.20. The number of thiophene rings is 1. The van der Waals surface area contributed by atoms with Gasteiger partial charge in [-0.3, -0.25) is 9.59 Å². The smallest absolute Gasteiger partial charge is 0.261 e. The van der Waals surface area contributed by atoms with Gasteiger partial charge >= 0.3 is 0 Å². The number of hydrogen-bond donors (Lipinski definition) is 1. The van der Waals surface area contributed by atoms with Crippen molar-refractivity contribution >= 4 is 27.5 Å². The predicted molar refractivity (Wildman–Crippen MR) is 114 cm³/mol. The molecule has 7 heteroatoms. The van der Waals surface area contributed by atoms with E-state index in [0.29, 0.717) is 32.8 Å². The van der Waals surface area contributed by atoms with Crippen molar-refractivity contribution in [1.82, 2.24) is 9.88 Å². The summed E-state index contributed by atoms with van der Waals surface area (Å²) in [5.41, 5.74) is 2.39. The Labute approximate surface area is 175 Å². The zero-order valence-corrected chi connectivity index (χ0v) is 16.9. The van der Waals surface area contributed by atoms with Crippen molar-refractivity contribution in [3.63, 3.8) is 0 Å². The molecule has 0 spiro atoms. The van der Waals surface area contributed by atoms with Crippen LogP contribution in [0.2, 0.25) is 0 Å². The van der Waals surface area contributed by atoms with E-state index in [1.54, 1.807) is 23.9 Å². The number of amides is 1. The molecule has 0 atom stereocenters. The van der Waals surface area contributed by atoms with Crippen molar-refractivity contribution in [2.75, 3.05) is 0 Å². The van der Waals surface area contributed by atoms with Crippen LogP contribution in [0.3, 0.4) is 0 Å². The average Bonchev–Trinajstić information content (AvgIpc) is 3.20. The minimum Gasteiger partial charge on any atom is -0.349 e. The fraction of sp³-hybridized carbons (Fsp3) is 0.130. The fourth-order valence-electron chi connectivity index (χ4n) is 3.29. The molecule has 1 N–H and O–H groups in total. The average molecular weight is 424 g/mol. The monoisotopic (exact) mass is 424 g/mol. The molecule has 1 amide bonds. The van der Waals surface area contributed by atoms with Gasteiger partial charge < -0.3 is 9.88 Å². The molecule has 0 aliphatic carbocycles. The SMILES string of the molecule is Cn1cc(Cc2ccc(F)c(F)c2)c(=O)c2sc(C(=O)NCc3ccccc3)cc21. The number of nitrogens with zero attached hydrogens (tertiary/aromatic N) is 1. The summed E-state index contributed by atoms with van der Waals surface area (Å²) < 4.78 is 28.9. The number of fused-ring (bicyclic) bond motifs is 1. The number of aryl methyl sites for hydroxylation is 1. The van der Waals surface area contributed by atoms with Crippen molar-refractivity contribution in [3.8, 4) is 0 Å². The van der Waals surface area contributed by atoms with E-state index in [4.69, 9.17) is 0 Å². The van der Waals surface area contributed by atoms with Gasteiger partial charge in [0, 0.05) is 31.8 Å². The lowest BCUT2D eigenvalue weighted by Gasteiger charge is -2.06. The van der Waals surface area contributed by atoms with Gasteiger partial charge in [-0.05, 0) is 29.3 Å². The van der Waals surface area contributed by atoms with E-state index in [1.165, 1.54) is 6.07 Å². The minimum absolute atomic E-state index is 0.174. The summed E-state index contributed by atoms with van der Waals surface area (Å²) in [6, 6.07) is 14.9. The largest absolute Gasteiger partial charge is 0.349 e. The fourth-order valence-corrected chi connectivity index (χ4v) is 4.37. The van der Waals surface area contributed by atoms with E-state index in [2.05, 4.69) is 5.32 Å². The lowest BCUT2D eigenvalue weighted by atomic mass is 10.1. The summed E-state index contributed by atoms with van der Waals surface area (Å²) >= 11 is 1.13. The van der Waals surface area contributed by atoms with Crippen molar-refractivity contribution in [3.05, 3.63) is 104 Å². The van der Waals surface area contributed by atoms with Gasteiger partial charge in [-0.1, -0.05) is 36.4 Å². The maximum atomic E-state index is 13.5. The number of halogens is 2. The summed E-state index contributed by atoms with van der Waals surface area (Å²) in [5.74, 6) is -2.12. The molecule has 2 aromatic heterocycles. The molecule has 0 aliphatic rings. The molecule has 4 aromatic rings. The molecule has 0 saturated carbocycles. The van der Waals surface area contributed by atoms with Crippen LogP contribution in [0.15, 0.2) is 65.6 Å². The third-order valence-electron chi connectivity index (χ3n) is 4.84. The lowest BCUT2D eigenvalue weighted by Crippen LogP contribution is -2.21. The first-order valence-corrected chi connectivity index (χ1v) is 10.1. The normalized spacial score (nSPS) is 11.0. The summed E-state index contributed by atoms with van der Waals surface area (Å²) in [5, 5.41) is 2.86. The second-order valence-corrected chi connectivity index (χ2v) is 8.07. The molecule has 0 radical (unpaired) electrons. The number of nitrogens with one attached hydrogen (secondary N) is 1. The van der Waals surface area contributed by atoms with Gasteiger partial charge in [0.25, 0.3) is 5.91 Å². The van der Waals surface area contributed by atoms with Gasteiger partial charge in [-0.15, -0.1) is 11.3 Å². The molecule has 0 bridgehead atoms. The Morgan fingerprint density at radius 2 is 1.80 bits per heavy atom. The molecule has 4 rings (SSSR count). The molecule has 0 unspecified atom stereocenters. The topological polar surface area (TPSA) is 51.1 Å². The zero-order valence-electron chi connectivity index (χ0n) is 16.1. The molecule has 0 aliphatic heterocycles. The molecule has 4 nitrogen and oxygen atoms in total. The standard InChI is InChI=1S/C23H18F2N2O2S/c1-27-13-16(9-15-7-8-17(24)18(25)10-15)21(28)22-19(27)11-20(30-22)23(29)26-12-14-5-3-2-4-6-14/h2-8,10-11,13H,9,12H2,1H3,(H,26,29). The third kappa shape index (κ3) is 4.02. The maximum Gasteiger partial charge on any atom is 0.261 e. The highest BCUT2D eigenvalue weighted by Crippen LogP contribution is 2.24. The lowest BCUT2D eigenvalue weighted by molar-refractivity contribution is 0.0955. The van der Waals surface area contributed by atoms with Crippen LogP contribution in [-0.4, -0.2) is 10.5 Å². The molecule has 0 fully saturated rings. The first-order chi connectivity index (χ1) is 14.4. The minimum atomic E-state index is -0.945. The van der Waals surface area contributed by atoms with Crippen LogP contribution in [0.1, 0.15) is 26.4 Å². The van der Waals surface area contributed by atoms with E-state index >= 15 is 0 Å². The highest BCUT2D eigenvalue weighted by Gasteiger charge is 2.16. The van der Waals surface area contributed by atoms with Gasteiger partial charge in [0.15, 0.2) is 11.6 Å². The van der Waals surface area contributed by atoms with Crippen molar-refractivity contribution < 1.29 is 13.6 Å². The van der Waals surface area contributed by atoms with Crippen LogP contribution in [0.25, 0.3) is 10.2 Å². The number of rotatable bonds is 5. The van der Waals surface area contributed by atoms with Crippen LogP contribution in [-0.2, 0) is 20.0 Å². The molecule has 2 aromatic carbocycles. The number of hydrogen-bond acceptors (Lipinski definition) is 3. The van der Waals surface area contributed by atoms with E-state index in [9.17, 15) is 18.4 Å². The van der Waals surface area contributed by atoms with E-state index < -0.39 is 11.6 Å². The number of carbonyl (C=O) groups is 1. The number of benzene rings is 2. The summed E-state index contributed by atoms with van der Waals surface area (Å²) in [6.45, 7) is 0.395. The highest BCUT2D eigenvalue weighted by molar-refractivity contribution is 7.20. The van der Waals surface area contributed by atoms with Gasteiger partial charge in [0.05, 0.1) is 15.1 Å². The van der Waals surface area contributed by atoms with Crippen LogP contribution in [0.5, 0.6) is 0 Å². The van der Waals surface area contributed by atoms with Crippen LogP contribution in [0.4, 0.5) is 8.78 Å². The summed E-state index contributed by atoms with van der Waals surface area (Å²) in [7, 11) is 1.79. The number of pyridine rings is 1. The van der Waals surface area contributed by atoms with Gasteiger partial charge in [0.2, 0.25) is 5.43 Å². The molecule has 152 valence electrons. The first-order valence-electron chi connectivity index (χ1n) is 9.30. The molecule has 30 heavy (non-hydrogen) atoms. The van der Waals surface area contributed by atoms with Crippen molar-refractivity contribution in [1.29, 1.82) is 0 Å². The maximum absolute atomic E-state index is 13.5. The summed E-state index contributed by atoms with van der Waals surface area (Å²) in [6.07, 6.45) is 1.84. The molecular weight excluding hydrogens is 406 g/mol. The Morgan fingerprint density at radius 3 is 2.53 bits per heavy atom.